The molecule has 166 valence electrons. The van der Waals surface area contributed by atoms with Gasteiger partial charge in [-0.25, -0.2) is 4.98 Å². The van der Waals surface area contributed by atoms with E-state index < -0.39 is 0 Å². The number of aryl methyl sites for hydroxylation is 1. The number of hydrogen-bond acceptors (Lipinski definition) is 5. The SMILES string of the molecule is Cc1cc(O)c(C(C)C)cc1-c1csc(N2C(=O)C(C)SC2C/C=C/c2ccccc2)n1. The van der Waals surface area contributed by atoms with Gasteiger partial charge in [0.05, 0.1) is 16.3 Å². The summed E-state index contributed by atoms with van der Waals surface area (Å²) < 4.78 is 0. The van der Waals surface area contributed by atoms with Crippen LogP contribution in [-0.4, -0.2) is 26.6 Å². The third kappa shape index (κ3) is 4.62. The summed E-state index contributed by atoms with van der Waals surface area (Å²) in [5.74, 6) is 0.645. The van der Waals surface area contributed by atoms with Crippen molar-refractivity contribution >= 4 is 40.2 Å². The van der Waals surface area contributed by atoms with Crippen molar-refractivity contribution in [2.45, 2.75) is 50.7 Å². The number of phenolic OH excluding ortho intramolecular Hbond substituents is 1. The molecule has 0 saturated carbocycles. The minimum absolute atomic E-state index is 0.0311. The molecular formula is C26H28N2O2S2. The molecule has 4 nitrogen and oxygen atoms in total. The zero-order valence-corrected chi connectivity index (χ0v) is 20.4. The fourth-order valence-corrected chi connectivity index (χ4v) is 6.10. The number of phenols is 1. The number of amides is 1. The molecule has 1 fully saturated rings. The highest BCUT2D eigenvalue weighted by Crippen LogP contribution is 2.41. The Morgan fingerprint density at radius 2 is 1.97 bits per heavy atom. The third-order valence-corrected chi connectivity index (χ3v) is 7.82. The molecule has 1 aliphatic heterocycles. The van der Waals surface area contributed by atoms with Crippen LogP contribution in [0.2, 0.25) is 0 Å². The summed E-state index contributed by atoms with van der Waals surface area (Å²) >= 11 is 3.19. The molecule has 1 aromatic heterocycles. The lowest BCUT2D eigenvalue weighted by molar-refractivity contribution is -0.117. The predicted octanol–water partition coefficient (Wildman–Crippen LogP) is 6.85. The van der Waals surface area contributed by atoms with Crippen molar-refractivity contribution in [3.8, 4) is 17.0 Å². The molecule has 0 spiro atoms. The molecule has 0 radical (unpaired) electrons. The van der Waals surface area contributed by atoms with Crippen LogP contribution in [0.4, 0.5) is 5.13 Å². The average molecular weight is 465 g/mol. The maximum atomic E-state index is 13.0. The summed E-state index contributed by atoms with van der Waals surface area (Å²) in [5.41, 5.74) is 4.89. The normalized spacial score (nSPS) is 18.9. The molecule has 3 aromatic rings. The van der Waals surface area contributed by atoms with E-state index in [-0.39, 0.29) is 22.4 Å². The van der Waals surface area contributed by atoms with Crippen molar-refractivity contribution in [1.82, 2.24) is 4.98 Å². The summed E-state index contributed by atoms with van der Waals surface area (Å²) in [6, 6.07) is 14.0. The van der Waals surface area contributed by atoms with E-state index in [0.717, 1.165) is 39.5 Å². The summed E-state index contributed by atoms with van der Waals surface area (Å²) in [4.78, 5) is 19.7. The van der Waals surface area contributed by atoms with Crippen LogP contribution < -0.4 is 4.90 Å². The summed E-state index contributed by atoms with van der Waals surface area (Å²) in [5, 5.41) is 13.0. The quantitative estimate of drug-likeness (QED) is 0.434. The van der Waals surface area contributed by atoms with Crippen molar-refractivity contribution in [1.29, 1.82) is 0 Å². The van der Waals surface area contributed by atoms with E-state index in [9.17, 15) is 9.90 Å². The molecule has 2 heterocycles. The lowest BCUT2D eigenvalue weighted by Crippen LogP contribution is -2.33. The Labute approximate surface area is 198 Å². The van der Waals surface area contributed by atoms with E-state index in [4.69, 9.17) is 4.98 Å². The molecule has 2 aromatic carbocycles. The Bertz CT molecular complexity index is 1140. The number of benzene rings is 2. The number of rotatable bonds is 6. The summed E-state index contributed by atoms with van der Waals surface area (Å²) in [6.45, 7) is 8.08. The van der Waals surface area contributed by atoms with Gasteiger partial charge in [0.2, 0.25) is 5.91 Å². The first-order chi connectivity index (χ1) is 15.3. The zero-order valence-electron chi connectivity index (χ0n) is 18.8. The smallest absolute Gasteiger partial charge is 0.242 e. The van der Waals surface area contributed by atoms with Gasteiger partial charge in [0, 0.05) is 10.9 Å². The molecule has 1 N–H and O–H groups in total. The van der Waals surface area contributed by atoms with Crippen molar-refractivity contribution in [3.05, 3.63) is 70.6 Å². The first-order valence-corrected chi connectivity index (χ1v) is 12.7. The minimum Gasteiger partial charge on any atom is -0.508 e. The monoisotopic (exact) mass is 464 g/mol. The van der Waals surface area contributed by atoms with Gasteiger partial charge in [0.25, 0.3) is 0 Å². The van der Waals surface area contributed by atoms with Crippen molar-refractivity contribution in [2.75, 3.05) is 4.90 Å². The second kappa shape index (κ2) is 9.51. The fraction of sp³-hybridized carbons (Fsp3) is 0.308. The molecular weight excluding hydrogens is 436 g/mol. The van der Waals surface area contributed by atoms with Crippen LogP contribution in [0.1, 0.15) is 49.8 Å². The van der Waals surface area contributed by atoms with Crippen LogP contribution in [-0.2, 0) is 4.79 Å². The van der Waals surface area contributed by atoms with Gasteiger partial charge < -0.3 is 5.11 Å². The summed E-state index contributed by atoms with van der Waals surface area (Å²) in [6.07, 6.45) is 5.01. The highest BCUT2D eigenvalue weighted by Gasteiger charge is 2.39. The van der Waals surface area contributed by atoms with E-state index in [2.05, 4.69) is 38.1 Å². The van der Waals surface area contributed by atoms with E-state index >= 15 is 0 Å². The maximum Gasteiger partial charge on any atom is 0.242 e. The van der Waals surface area contributed by atoms with Crippen molar-refractivity contribution < 1.29 is 9.90 Å². The van der Waals surface area contributed by atoms with E-state index in [1.807, 2.05) is 48.4 Å². The molecule has 32 heavy (non-hydrogen) atoms. The number of hydrogen-bond donors (Lipinski definition) is 1. The first kappa shape index (κ1) is 22.6. The van der Waals surface area contributed by atoms with Crippen LogP contribution in [0, 0.1) is 6.92 Å². The van der Waals surface area contributed by atoms with Gasteiger partial charge in [-0.3, -0.25) is 9.69 Å². The topological polar surface area (TPSA) is 53.4 Å². The van der Waals surface area contributed by atoms with E-state index in [1.165, 1.54) is 11.3 Å². The molecule has 4 rings (SSSR count). The molecule has 2 unspecified atom stereocenters. The Balaban J connectivity index is 1.59. The van der Waals surface area contributed by atoms with Gasteiger partial charge >= 0.3 is 0 Å². The van der Waals surface area contributed by atoms with Crippen LogP contribution in [0.15, 0.2) is 53.9 Å². The largest absolute Gasteiger partial charge is 0.508 e. The number of aromatic nitrogens is 1. The second-order valence-electron chi connectivity index (χ2n) is 8.39. The predicted molar refractivity (Wildman–Crippen MR) is 136 cm³/mol. The standard InChI is InChI=1S/C26H28N2O2S2/c1-16(2)20-14-21(17(3)13-23(20)29)22-15-31-26(27-22)28-24(32-18(4)25(28)30)12-8-11-19-9-6-5-7-10-19/h5-11,13-16,18,24,29H,12H2,1-4H3/b11-8+. The molecule has 0 bridgehead atoms. The van der Waals surface area contributed by atoms with Crippen LogP contribution in [0.5, 0.6) is 5.75 Å². The zero-order chi connectivity index (χ0) is 22.8. The number of carbonyl (C=O) groups excluding carboxylic acids is 1. The van der Waals surface area contributed by atoms with E-state index in [1.54, 1.807) is 17.8 Å². The van der Waals surface area contributed by atoms with Crippen LogP contribution >= 0.6 is 23.1 Å². The van der Waals surface area contributed by atoms with Gasteiger partial charge in [-0.1, -0.05) is 56.3 Å². The van der Waals surface area contributed by atoms with Gasteiger partial charge in [-0.15, -0.1) is 23.1 Å². The fourth-order valence-electron chi connectivity index (χ4n) is 3.90. The molecule has 6 heteroatoms. The van der Waals surface area contributed by atoms with Gasteiger partial charge in [0.1, 0.15) is 5.75 Å². The van der Waals surface area contributed by atoms with Gasteiger partial charge in [-0.2, -0.15) is 0 Å². The van der Waals surface area contributed by atoms with Crippen molar-refractivity contribution in [2.24, 2.45) is 0 Å². The Hall–Kier alpha value is -2.57. The lowest BCUT2D eigenvalue weighted by Gasteiger charge is -2.20. The molecule has 0 aliphatic carbocycles. The van der Waals surface area contributed by atoms with Crippen LogP contribution in [0.3, 0.4) is 0 Å². The van der Waals surface area contributed by atoms with Crippen molar-refractivity contribution in [3.63, 3.8) is 0 Å². The van der Waals surface area contributed by atoms with Gasteiger partial charge in [-0.05, 0) is 55.0 Å². The number of thioether (sulfide) groups is 1. The van der Waals surface area contributed by atoms with Crippen LogP contribution in [0.25, 0.3) is 17.3 Å². The maximum absolute atomic E-state index is 13.0. The average Bonchev–Trinajstić information content (AvgIpc) is 3.33. The Morgan fingerprint density at radius 3 is 2.69 bits per heavy atom. The van der Waals surface area contributed by atoms with Gasteiger partial charge in [0.15, 0.2) is 5.13 Å². The molecule has 1 saturated heterocycles. The number of anilines is 1. The Morgan fingerprint density at radius 1 is 1.22 bits per heavy atom. The summed E-state index contributed by atoms with van der Waals surface area (Å²) in [7, 11) is 0. The Kier molecular flexibility index (Phi) is 6.72. The molecule has 1 aliphatic rings. The second-order valence-corrected chi connectivity index (χ2v) is 10.7. The molecule has 2 atom stereocenters. The van der Waals surface area contributed by atoms with E-state index in [0.29, 0.717) is 5.75 Å². The first-order valence-electron chi connectivity index (χ1n) is 10.8. The minimum atomic E-state index is -0.0829. The molecule has 1 amide bonds. The number of nitrogens with zero attached hydrogens (tertiary/aromatic N) is 2. The number of aromatic hydroxyl groups is 1. The number of carbonyl (C=O) groups is 1. The third-order valence-electron chi connectivity index (χ3n) is 5.65. The lowest BCUT2D eigenvalue weighted by atomic mass is 9.95. The highest BCUT2D eigenvalue weighted by molar-refractivity contribution is 8.01. The number of thiazole rings is 1. The highest BCUT2D eigenvalue weighted by atomic mass is 32.2.